The first-order valence-corrected chi connectivity index (χ1v) is 12.0. The Balaban J connectivity index is 1.59. The molecule has 182 valence electrons. The zero-order valence-electron chi connectivity index (χ0n) is 19.4. The fraction of sp³-hybridized carbons (Fsp3) is 0.172. The second-order valence-corrected chi connectivity index (χ2v) is 9.41. The Bertz CT molecular complexity index is 1410. The molecule has 3 aromatic rings. The Morgan fingerprint density at radius 1 is 0.944 bits per heavy atom. The highest BCUT2D eigenvalue weighted by Crippen LogP contribution is 2.47. The van der Waals surface area contributed by atoms with Crippen molar-refractivity contribution in [1.82, 2.24) is 5.32 Å². The van der Waals surface area contributed by atoms with Crippen LogP contribution in [0.5, 0.6) is 0 Å². The molecule has 1 aliphatic carbocycles. The highest BCUT2D eigenvalue weighted by Gasteiger charge is 2.41. The zero-order chi connectivity index (χ0) is 25.4. The molecule has 2 aliphatic rings. The molecule has 7 heteroatoms. The Labute approximate surface area is 212 Å². The number of hydrogen-bond donors (Lipinski definition) is 2. The lowest BCUT2D eigenvalue weighted by atomic mass is 9.71. The quantitative estimate of drug-likeness (QED) is 0.420. The molecule has 5 rings (SSSR count). The summed E-state index contributed by atoms with van der Waals surface area (Å²) in [4.78, 5) is 27.2. The van der Waals surface area contributed by atoms with Gasteiger partial charge in [-0.3, -0.25) is 9.59 Å². The fourth-order valence-electron chi connectivity index (χ4n) is 5.12. The lowest BCUT2D eigenvalue weighted by Gasteiger charge is -2.37. The summed E-state index contributed by atoms with van der Waals surface area (Å²) in [7, 11) is 0. The number of amides is 1. The van der Waals surface area contributed by atoms with Gasteiger partial charge < -0.3 is 10.6 Å². The topological polar surface area (TPSA) is 58.2 Å². The average Bonchev–Trinajstić information content (AvgIpc) is 2.86. The number of carbonyl (C=O) groups excluding carboxylic acids is 2. The molecule has 3 aromatic carbocycles. The summed E-state index contributed by atoms with van der Waals surface area (Å²) in [5.41, 5.74) is 2.98. The Morgan fingerprint density at radius 2 is 1.61 bits per heavy atom. The summed E-state index contributed by atoms with van der Waals surface area (Å²) in [5.74, 6) is -3.38. The Kier molecular flexibility index (Phi) is 6.46. The number of hydrogen-bond acceptors (Lipinski definition) is 3. The standard InChI is InChI=1S/C29H23ClF2N2O2/c1-16-25(29(36)34-28-21(31)12-7-13-22(28)32)26(19-10-5-6-11-20(19)30)27-23(33-16)14-18(15-24(27)35)17-8-3-2-4-9-17/h2-13,18,26,33H,14-15H2,1H3,(H,34,36). The van der Waals surface area contributed by atoms with Gasteiger partial charge in [0.25, 0.3) is 5.91 Å². The summed E-state index contributed by atoms with van der Waals surface area (Å²) in [6.07, 6.45) is 0.863. The first kappa shape index (κ1) is 23.9. The third-order valence-electron chi connectivity index (χ3n) is 6.76. The smallest absolute Gasteiger partial charge is 0.254 e. The van der Waals surface area contributed by atoms with Crippen molar-refractivity contribution in [2.75, 3.05) is 5.32 Å². The predicted octanol–water partition coefficient (Wildman–Crippen LogP) is 6.62. The van der Waals surface area contributed by atoms with Crippen LogP contribution in [0.3, 0.4) is 0 Å². The maximum absolute atomic E-state index is 14.3. The van der Waals surface area contributed by atoms with Gasteiger partial charge in [0.15, 0.2) is 5.78 Å². The number of para-hydroxylation sites is 1. The van der Waals surface area contributed by atoms with Crippen molar-refractivity contribution in [2.45, 2.75) is 31.6 Å². The predicted molar refractivity (Wildman–Crippen MR) is 135 cm³/mol. The van der Waals surface area contributed by atoms with Gasteiger partial charge in [-0.25, -0.2) is 8.78 Å². The lowest BCUT2D eigenvalue weighted by molar-refractivity contribution is -0.116. The van der Waals surface area contributed by atoms with Gasteiger partial charge in [-0.15, -0.1) is 0 Å². The maximum Gasteiger partial charge on any atom is 0.254 e. The first-order valence-electron chi connectivity index (χ1n) is 11.6. The molecule has 0 fully saturated rings. The minimum absolute atomic E-state index is 0.00691. The van der Waals surface area contributed by atoms with Crippen molar-refractivity contribution < 1.29 is 18.4 Å². The number of anilines is 1. The van der Waals surface area contributed by atoms with Gasteiger partial charge >= 0.3 is 0 Å². The van der Waals surface area contributed by atoms with Crippen LogP contribution in [-0.2, 0) is 9.59 Å². The molecule has 2 unspecified atom stereocenters. The van der Waals surface area contributed by atoms with Crippen molar-refractivity contribution in [1.29, 1.82) is 0 Å². The molecule has 2 atom stereocenters. The van der Waals surface area contributed by atoms with Gasteiger partial charge in [-0.05, 0) is 48.6 Å². The second-order valence-electron chi connectivity index (χ2n) is 9.00. The summed E-state index contributed by atoms with van der Waals surface area (Å²) in [6.45, 7) is 1.72. The molecule has 0 saturated carbocycles. The van der Waals surface area contributed by atoms with Gasteiger partial charge in [0.1, 0.15) is 17.3 Å². The highest BCUT2D eigenvalue weighted by molar-refractivity contribution is 6.31. The number of Topliss-reactive ketones (excluding diaryl/α,β-unsaturated/α-hetero) is 1. The van der Waals surface area contributed by atoms with Crippen LogP contribution in [-0.4, -0.2) is 11.7 Å². The van der Waals surface area contributed by atoms with E-state index in [1.807, 2.05) is 30.3 Å². The van der Waals surface area contributed by atoms with E-state index in [9.17, 15) is 18.4 Å². The number of nitrogens with one attached hydrogen (secondary N) is 2. The highest BCUT2D eigenvalue weighted by atomic mass is 35.5. The molecule has 1 amide bonds. The fourth-order valence-corrected chi connectivity index (χ4v) is 5.36. The molecule has 0 bridgehead atoms. The third kappa shape index (κ3) is 4.33. The van der Waals surface area contributed by atoms with Crippen LogP contribution in [0.1, 0.15) is 42.7 Å². The van der Waals surface area contributed by atoms with E-state index >= 15 is 0 Å². The van der Waals surface area contributed by atoms with Crippen molar-refractivity contribution in [3.8, 4) is 0 Å². The molecule has 4 nitrogen and oxygen atoms in total. The molecule has 0 aromatic heterocycles. The van der Waals surface area contributed by atoms with Gasteiger partial charge in [0.2, 0.25) is 0 Å². The zero-order valence-corrected chi connectivity index (χ0v) is 20.2. The van der Waals surface area contributed by atoms with E-state index in [1.165, 1.54) is 6.07 Å². The van der Waals surface area contributed by atoms with Crippen molar-refractivity contribution in [3.05, 3.63) is 123 Å². The van der Waals surface area contributed by atoms with E-state index in [1.54, 1.807) is 31.2 Å². The van der Waals surface area contributed by atoms with E-state index in [0.717, 1.165) is 23.4 Å². The van der Waals surface area contributed by atoms with Gasteiger partial charge in [0, 0.05) is 39.9 Å². The summed E-state index contributed by atoms with van der Waals surface area (Å²) in [6, 6.07) is 20.2. The Hall–Kier alpha value is -3.77. The summed E-state index contributed by atoms with van der Waals surface area (Å²) >= 11 is 6.56. The number of allylic oxidation sites excluding steroid dienone is 3. The van der Waals surface area contributed by atoms with Crippen LogP contribution < -0.4 is 10.6 Å². The number of carbonyl (C=O) groups is 2. The van der Waals surface area contributed by atoms with E-state index in [0.29, 0.717) is 28.3 Å². The summed E-state index contributed by atoms with van der Waals surface area (Å²) in [5, 5.41) is 6.03. The number of benzene rings is 3. The van der Waals surface area contributed by atoms with Gasteiger partial charge in [-0.1, -0.05) is 66.2 Å². The van der Waals surface area contributed by atoms with Crippen LogP contribution in [0.2, 0.25) is 5.02 Å². The largest absolute Gasteiger partial charge is 0.362 e. The number of halogens is 3. The van der Waals surface area contributed by atoms with E-state index in [4.69, 9.17) is 11.6 Å². The molecule has 2 N–H and O–H groups in total. The van der Waals surface area contributed by atoms with E-state index < -0.39 is 29.1 Å². The van der Waals surface area contributed by atoms with E-state index in [2.05, 4.69) is 10.6 Å². The van der Waals surface area contributed by atoms with Gasteiger partial charge in [0.05, 0.1) is 0 Å². The number of ketones is 1. The lowest BCUT2D eigenvalue weighted by Crippen LogP contribution is -2.37. The van der Waals surface area contributed by atoms with Crippen molar-refractivity contribution in [3.63, 3.8) is 0 Å². The normalized spacial score (nSPS) is 19.6. The number of dihydropyridines is 1. The first-order chi connectivity index (χ1) is 17.3. The minimum Gasteiger partial charge on any atom is -0.362 e. The molecule has 0 radical (unpaired) electrons. The van der Waals surface area contributed by atoms with Crippen molar-refractivity contribution >= 4 is 29.0 Å². The molecule has 1 aliphatic heterocycles. The van der Waals surface area contributed by atoms with Crippen LogP contribution in [0.15, 0.2) is 95.3 Å². The summed E-state index contributed by atoms with van der Waals surface area (Å²) < 4.78 is 28.6. The number of rotatable bonds is 4. The molecule has 1 heterocycles. The van der Waals surface area contributed by atoms with Gasteiger partial charge in [-0.2, -0.15) is 0 Å². The average molecular weight is 505 g/mol. The third-order valence-corrected chi connectivity index (χ3v) is 7.10. The minimum atomic E-state index is -0.890. The van der Waals surface area contributed by atoms with Crippen LogP contribution in [0, 0.1) is 11.6 Å². The molecule has 0 saturated heterocycles. The Morgan fingerprint density at radius 3 is 2.31 bits per heavy atom. The van der Waals surface area contributed by atoms with Crippen LogP contribution in [0.25, 0.3) is 0 Å². The second kappa shape index (κ2) is 9.70. The molecule has 36 heavy (non-hydrogen) atoms. The van der Waals surface area contributed by atoms with Crippen molar-refractivity contribution in [2.24, 2.45) is 0 Å². The van der Waals surface area contributed by atoms with E-state index in [-0.39, 0.29) is 23.7 Å². The molecule has 0 spiro atoms. The monoisotopic (exact) mass is 504 g/mol. The SMILES string of the molecule is CC1=C(C(=O)Nc2c(F)cccc2F)C(c2ccccc2Cl)C2=C(CC(c3ccccc3)CC2=O)N1. The van der Waals surface area contributed by atoms with Crippen LogP contribution in [0.4, 0.5) is 14.5 Å². The molecular formula is C29H23ClF2N2O2. The maximum atomic E-state index is 14.3. The molecular weight excluding hydrogens is 482 g/mol. The van der Waals surface area contributed by atoms with Crippen LogP contribution >= 0.6 is 11.6 Å².